The van der Waals surface area contributed by atoms with Crippen LogP contribution in [0.4, 0.5) is 0 Å². The molecule has 1 amide bonds. The average molecular weight is 278 g/mol. The molecule has 0 saturated heterocycles. The predicted octanol–water partition coefficient (Wildman–Crippen LogP) is 2.79. The predicted molar refractivity (Wildman–Crippen MR) is 81.1 cm³/mol. The number of carbonyl (C=O) groups is 1. The maximum absolute atomic E-state index is 12.4. The van der Waals surface area contributed by atoms with Crippen LogP contribution in [-0.4, -0.2) is 30.4 Å². The Labute approximate surface area is 123 Å². The zero-order chi connectivity index (χ0) is 14.3. The molecule has 4 rings (SSSR count). The van der Waals surface area contributed by atoms with Gasteiger partial charge in [-0.3, -0.25) is 4.79 Å². The van der Waals surface area contributed by atoms with E-state index in [1.165, 1.54) is 38.5 Å². The van der Waals surface area contributed by atoms with Crippen LogP contribution in [0.2, 0.25) is 0 Å². The highest BCUT2D eigenvalue weighted by Gasteiger charge is 2.51. The third-order valence-electron chi connectivity index (χ3n) is 6.03. The van der Waals surface area contributed by atoms with Gasteiger partial charge in [-0.2, -0.15) is 0 Å². The third-order valence-corrected chi connectivity index (χ3v) is 6.03. The van der Waals surface area contributed by atoms with Crippen molar-refractivity contribution in [2.24, 2.45) is 28.9 Å². The van der Waals surface area contributed by atoms with Crippen molar-refractivity contribution in [3.05, 3.63) is 0 Å². The molecular formula is C17H30N2O. The molecule has 4 saturated carbocycles. The summed E-state index contributed by atoms with van der Waals surface area (Å²) >= 11 is 0. The Balaban J connectivity index is 1.63. The molecule has 1 unspecified atom stereocenters. The van der Waals surface area contributed by atoms with E-state index in [9.17, 15) is 4.79 Å². The Morgan fingerprint density at radius 2 is 1.70 bits per heavy atom. The van der Waals surface area contributed by atoms with E-state index in [-0.39, 0.29) is 11.9 Å². The third kappa shape index (κ3) is 2.61. The SMILES string of the molecule is CCCC(N)C(=O)N(C)CC12CC3CC(CC(C3)C1)C2. The minimum atomic E-state index is -0.293. The second-order valence-corrected chi connectivity index (χ2v) is 8.01. The van der Waals surface area contributed by atoms with Crippen LogP contribution < -0.4 is 5.73 Å². The molecule has 2 N–H and O–H groups in total. The van der Waals surface area contributed by atoms with Gasteiger partial charge in [-0.05, 0) is 68.1 Å². The number of carbonyl (C=O) groups excluding carboxylic acids is 1. The van der Waals surface area contributed by atoms with Gasteiger partial charge in [0.25, 0.3) is 0 Å². The Hall–Kier alpha value is -0.570. The average Bonchev–Trinajstić information content (AvgIpc) is 2.35. The van der Waals surface area contributed by atoms with E-state index in [4.69, 9.17) is 5.73 Å². The largest absolute Gasteiger partial charge is 0.344 e. The summed E-state index contributed by atoms with van der Waals surface area (Å²) in [5.41, 5.74) is 6.44. The molecule has 114 valence electrons. The lowest BCUT2D eigenvalue weighted by atomic mass is 9.49. The van der Waals surface area contributed by atoms with Crippen LogP contribution in [0.15, 0.2) is 0 Å². The van der Waals surface area contributed by atoms with Crippen molar-refractivity contribution in [3.8, 4) is 0 Å². The number of rotatable bonds is 5. The summed E-state index contributed by atoms with van der Waals surface area (Å²) in [6, 6.07) is -0.293. The Kier molecular flexibility index (Phi) is 3.83. The molecule has 4 fully saturated rings. The smallest absolute Gasteiger partial charge is 0.239 e. The van der Waals surface area contributed by atoms with Crippen molar-refractivity contribution >= 4 is 5.91 Å². The fourth-order valence-corrected chi connectivity index (χ4v) is 5.78. The highest BCUT2D eigenvalue weighted by Crippen LogP contribution is 2.60. The molecule has 3 nitrogen and oxygen atoms in total. The lowest BCUT2D eigenvalue weighted by molar-refractivity contribution is -0.136. The lowest BCUT2D eigenvalue weighted by Gasteiger charge is -2.57. The van der Waals surface area contributed by atoms with Crippen molar-refractivity contribution in [1.29, 1.82) is 0 Å². The van der Waals surface area contributed by atoms with Crippen LogP contribution in [0.3, 0.4) is 0 Å². The summed E-state index contributed by atoms with van der Waals surface area (Å²) in [6.07, 6.45) is 10.3. The molecule has 0 heterocycles. The maximum Gasteiger partial charge on any atom is 0.239 e. The van der Waals surface area contributed by atoms with Crippen LogP contribution in [0, 0.1) is 23.2 Å². The Bertz CT molecular complexity index is 344. The molecule has 0 radical (unpaired) electrons. The molecule has 1 atom stereocenters. The Morgan fingerprint density at radius 1 is 1.20 bits per heavy atom. The first kappa shape index (κ1) is 14.4. The van der Waals surface area contributed by atoms with Gasteiger partial charge in [0.2, 0.25) is 5.91 Å². The number of likely N-dealkylation sites (N-methyl/N-ethyl adjacent to an activating group) is 1. The van der Waals surface area contributed by atoms with Gasteiger partial charge < -0.3 is 10.6 Å². The van der Waals surface area contributed by atoms with Crippen molar-refractivity contribution in [3.63, 3.8) is 0 Å². The van der Waals surface area contributed by atoms with Gasteiger partial charge in [-0.25, -0.2) is 0 Å². The molecule has 20 heavy (non-hydrogen) atoms. The molecule has 0 aromatic rings. The van der Waals surface area contributed by atoms with Crippen molar-refractivity contribution < 1.29 is 4.79 Å². The number of nitrogens with two attached hydrogens (primary N) is 1. The first-order valence-corrected chi connectivity index (χ1v) is 8.52. The maximum atomic E-state index is 12.4. The fraction of sp³-hybridized carbons (Fsp3) is 0.941. The van der Waals surface area contributed by atoms with Crippen LogP contribution in [0.5, 0.6) is 0 Å². The summed E-state index contributed by atoms with van der Waals surface area (Å²) in [7, 11) is 1.97. The normalized spacial score (nSPS) is 39.9. The summed E-state index contributed by atoms with van der Waals surface area (Å²) in [5.74, 6) is 3.01. The van der Waals surface area contributed by atoms with Crippen LogP contribution in [-0.2, 0) is 4.79 Å². The molecule has 0 aromatic carbocycles. The second-order valence-electron chi connectivity index (χ2n) is 8.01. The summed E-state index contributed by atoms with van der Waals surface area (Å²) in [4.78, 5) is 14.3. The zero-order valence-electron chi connectivity index (χ0n) is 13.1. The number of amides is 1. The quantitative estimate of drug-likeness (QED) is 0.840. The number of nitrogens with zero attached hydrogens (tertiary/aromatic N) is 1. The van der Waals surface area contributed by atoms with Crippen molar-refractivity contribution in [2.75, 3.05) is 13.6 Å². The second kappa shape index (κ2) is 5.32. The van der Waals surface area contributed by atoms with Crippen LogP contribution in [0.25, 0.3) is 0 Å². The van der Waals surface area contributed by atoms with Gasteiger partial charge >= 0.3 is 0 Å². The first-order chi connectivity index (χ1) is 9.51. The van der Waals surface area contributed by atoms with Gasteiger partial charge in [0, 0.05) is 13.6 Å². The summed E-state index contributed by atoms with van der Waals surface area (Å²) in [5, 5.41) is 0. The van der Waals surface area contributed by atoms with Gasteiger partial charge in [-0.15, -0.1) is 0 Å². The zero-order valence-corrected chi connectivity index (χ0v) is 13.1. The van der Waals surface area contributed by atoms with Crippen LogP contribution >= 0.6 is 0 Å². The Morgan fingerprint density at radius 3 is 2.15 bits per heavy atom. The van der Waals surface area contributed by atoms with E-state index < -0.39 is 0 Å². The molecule has 4 bridgehead atoms. The topological polar surface area (TPSA) is 46.3 Å². The summed E-state index contributed by atoms with van der Waals surface area (Å²) < 4.78 is 0. The highest BCUT2D eigenvalue weighted by atomic mass is 16.2. The van der Waals surface area contributed by atoms with Crippen LogP contribution in [0.1, 0.15) is 58.3 Å². The standard InChI is InChI=1S/C17H30N2O/c1-3-4-15(18)16(20)19(2)11-17-8-12-5-13(9-17)7-14(6-12)10-17/h12-15H,3-11,18H2,1-2H3. The molecule has 0 spiro atoms. The molecule has 0 aromatic heterocycles. The number of hydrogen-bond donors (Lipinski definition) is 1. The van der Waals surface area contributed by atoms with E-state index in [1.54, 1.807) is 0 Å². The van der Waals surface area contributed by atoms with E-state index >= 15 is 0 Å². The molecule has 4 aliphatic rings. The van der Waals surface area contributed by atoms with Gasteiger partial charge in [0.15, 0.2) is 0 Å². The molecule has 4 aliphatic carbocycles. The molecule has 3 heteroatoms. The van der Waals surface area contributed by atoms with Gasteiger partial charge in [0.05, 0.1) is 6.04 Å². The summed E-state index contributed by atoms with van der Waals surface area (Å²) in [6.45, 7) is 3.04. The number of hydrogen-bond acceptors (Lipinski definition) is 2. The monoisotopic (exact) mass is 278 g/mol. The van der Waals surface area contributed by atoms with E-state index in [2.05, 4.69) is 6.92 Å². The van der Waals surface area contributed by atoms with E-state index in [1.807, 2.05) is 11.9 Å². The van der Waals surface area contributed by atoms with E-state index in [0.29, 0.717) is 5.41 Å². The van der Waals surface area contributed by atoms with Crippen molar-refractivity contribution in [1.82, 2.24) is 4.90 Å². The van der Waals surface area contributed by atoms with Gasteiger partial charge in [0.1, 0.15) is 0 Å². The molecular weight excluding hydrogens is 248 g/mol. The van der Waals surface area contributed by atoms with Crippen molar-refractivity contribution in [2.45, 2.75) is 64.3 Å². The minimum Gasteiger partial charge on any atom is -0.344 e. The minimum absolute atomic E-state index is 0.155. The van der Waals surface area contributed by atoms with Gasteiger partial charge in [-0.1, -0.05) is 13.3 Å². The fourth-order valence-electron chi connectivity index (χ4n) is 5.78. The molecule has 0 aliphatic heterocycles. The van der Waals surface area contributed by atoms with E-state index in [0.717, 1.165) is 37.1 Å². The first-order valence-electron chi connectivity index (χ1n) is 8.52. The lowest BCUT2D eigenvalue weighted by Crippen LogP contribution is -2.53. The highest BCUT2D eigenvalue weighted by molar-refractivity contribution is 5.81.